The zero-order chi connectivity index (χ0) is 14.3. The quantitative estimate of drug-likeness (QED) is 0.737. The van der Waals surface area contributed by atoms with Crippen molar-refractivity contribution >= 4 is 11.6 Å². The molecule has 0 aromatic heterocycles. The maximum absolute atomic E-state index is 12.5. The predicted octanol–water partition coefficient (Wildman–Crippen LogP) is 1.45. The first kappa shape index (κ1) is 12.7. The third-order valence-corrected chi connectivity index (χ3v) is 3.55. The van der Waals surface area contributed by atoms with Gasteiger partial charge in [0.15, 0.2) is 11.6 Å². The minimum atomic E-state index is -0.285. The fraction of sp³-hybridized carbons (Fsp3) is 0.125. The van der Waals surface area contributed by atoms with Crippen LogP contribution in [0.1, 0.15) is 43.0 Å². The number of aliphatic hydroxyl groups is 2. The Morgan fingerprint density at radius 3 is 2.30 bits per heavy atom. The molecule has 0 fully saturated rings. The van der Waals surface area contributed by atoms with E-state index in [-0.39, 0.29) is 30.3 Å². The fourth-order valence-corrected chi connectivity index (χ4v) is 2.54. The molecule has 0 aliphatic heterocycles. The summed E-state index contributed by atoms with van der Waals surface area (Å²) >= 11 is 0. The second-order valence-electron chi connectivity index (χ2n) is 4.69. The van der Waals surface area contributed by atoms with Gasteiger partial charge in [-0.2, -0.15) is 0 Å². The van der Waals surface area contributed by atoms with E-state index in [4.69, 9.17) is 5.11 Å². The minimum absolute atomic E-state index is 0.182. The van der Waals surface area contributed by atoms with Gasteiger partial charge in [0.2, 0.25) is 0 Å². The first-order valence-corrected chi connectivity index (χ1v) is 6.23. The van der Waals surface area contributed by atoms with Gasteiger partial charge in [0, 0.05) is 22.3 Å². The Morgan fingerprint density at radius 1 is 0.800 bits per heavy atom. The van der Waals surface area contributed by atoms with E-state index in [1.54, 1.807) is 36.4 Å². The first-order valence-electron chi connectivity index (χ1n) is 6.23. The highest BCUT2D eigenvalue weighted by Gasteiger charge is 2.31. The Bertz CT molecular complexity index is 727. The van der Waals surface area contributed by atoms with Crippen molar-refractivity contribution < 1.29 is 19.8 Å². The predicted molar refractivity (Wildman–Crippen MR) is 71.6 cm³/mol. The summed E-state index contributed by atoms with van der Waals surface area (Å²) in [5.74, 6) is -0.510. The lowest BCUT2D eigenvalue weighted by molar-refractivity contribution is 0.0976. The maximum Gasteiger partial charge on any atom is 0.194 e. The summed E-state index contributed by atoms with van der Waals surface area (Å²) in [5, 5.41) is 18.5. The Balaban J connectivity index is 2.27. The second kappa shape index (κ2) is 4.67. The van der Waals surface area contributed by atoms with Crippen LogP contribution in [0.25, 0.3) is 0 Å². The van der Waals surface area contributed by atoms with Crippen molar-refractivity contribution in [2.75, 3.05) is 0 Å². The minimum Gasteiger partial charge on any atom is -0.392 e. The number of hydrogen-bond donors (Lipinski definition) is 2. The van der Waals surface area contributed by atoms with Gasteiger partial charge in [-0.15, -0.1) is 0 Å². The largest absolute Gasteiger partial charge is 0.392 e. The number of rotatable bonds is 2. The van der Waals surface area contributed by atoms with Crippen molar-refractivity contribution in [2.24, 2.45) is 0 Å². The van der Waals surface area contributed by atoms with Gasteiger partial charge in [-0.1, -0.05) is 24.3 Å². The van der Waals surface area contributed by atoms with E-state index in [0.717, 1.165) is 0 Å². The number of carbonyl (C=O) groups excluding carboxylic acids is 2. The SMILES string of the molecule is O=C1c2cc(CO)ccc2C(=O)c2c(CO)cccc21. The number of ketones is 2. The fourth-order valence-electron chi connectivity index (χ4n) is 2.54. The average molecular weight is 268 g/mol. The van der Waals surface area contributed by atoms with E-state index >= 15 is 0 Å². The van der Waals surface area contributed by atoms with Crippen molar-refractivity contribution in [3.8, 4) is 0 Å². The summed E-state index contributed by atoms with van der Waals surface area (Å²) in [7, 11) is 0. The lowest BCUT2D eigenvalue weighted by Gasteiger charge is -2.20. The van der Waals surface area contributed by atoms with Crippen LogP contribution in [0.15, 0.2) is 36.4 Å². The molecule has 2 aromatic carbocycles. The molecular weight excluding hydrogens is 256 g/mol. The number of benzene rings is 2. The van der Waals surface area contributed by atoms with Crippen LogP contribution in [0, 0.1) is 0 Å². The van der Waals surface area contributed by atoms with Gasteiger partial charge in [0.25, 0.3) is 0 Å². The Kier molecular flexibility index (Phi) is 2.97. The lowest BCUT2D eigenvalue weighted by Crippen LogP contribution is -2.22. The van der Waals surface area contributed by atoms with Gasteiger partial charge in [-0.3, -0.25) is 9.59 Å². The molecule has 0 amide bonds. The Labute approximate surface area is 115 Å². The summed E-state index contributed by atoms with van der Waals surface area (Å²) in [5.41, 5.74) is 2.27. The van der Waals surface area contributed by atoms with Gasteiger partial charge in [-0.05, 0) is 23.3 Å². The van der Waals surface area contributed by atoms with E-state index in [0.29, 0.717) is 27.8 Å². The average Bonchev–Trinajstić information content (AvgIpc) is 2.51. The third-order valence-electron chi connectivity index (χ3n) is 3.55. The molecule has 0 saturated heterocycles. The second-order valence-corrected chi connectivity index (χ2v) is 4.69. The highest BCUT2D eigenvalue weighted by molar-refractivity contribution is 6.28. The van der Waals surface area contributed by atoms with Crippen LogP contribution in [0.2, 0.25) is 0 Å². The van der Waals surface area contributed by atoms with Crippen LogP contribution in [0.3, 0.4) is 0 Å². The molecule has 100 valence electrons. The van der Waals surface area contributed by atoms with Gasteiger partial charge in [0.05, 0.1) is 13.2 Å². The van der Waals surface area contributed by atoms with Crippen LogP contribution in [0.4, 0.5) is 0 Å². The molecule has 0 unspecified atom stereocenters. The summed E-state index contributed by atoms with van der Waals surface area (Å²) < 4.78 is 0. The Hall–Kier alpha value is -2.30. The van der Waals surface area contributed by atoms with Crippen molar-refractivity contribution in [3.63, 3.8) is 0 Å². The number of aliphatic hydroxyl groups excluding tert-OH is 2. The number of carbonyl (C=O) groups is 2. The topological polar surface area (TPSA) is 74.6 Å². The van der Waals surface area contributed by atoms with Gasteiger partial charge < -0.3 is 10.2 Å². The van der Waals surface area contributed by atoms with E-state index in [1.165, 1.54) is 0 Å². The molecule has 3 rings (SSSR count). The maximum atomic E-state index is 12.5. The molecule has 20 heavy (non-hydrogen) atoms. The van der Waals surface area contributed by atoms with Crippen LogP contribution < -0.4 is 0 Å². The molecule has 0 saturated carbocycles. The van der Waals surface area contributed by atoms with Crippen LogP contribution in [0.5, 0.6) is 0 Å². The highest BCUT2D eigenvalue weighted by atomic mass is 16.3. The molecule has 4 heteroatoms. The van der Waals surface area contributed by atoms with E-state index in [1.807, 2.05) is 0 Å². The van der Waals surface area contributed by atoms with Gasteiger partial charge in [0.1, 0.15) is 0 Å². The number of hydrogen-bond acceptors (Lipinski definition) is 4. The zero-order valence-corrected chi connectivity index (χ0v) is 10.6. The Morgan fingerprint density at radius 2 is 1.60 bits per heavy atom. The highest BCUT2D eigenvalue weighted by Crippen LogP contribution is 2.30. The van der Waals surface area contributed by atoms with Crippen molar-refractivity contribution in [1.82, 2.24) is 0 Å². The molecule has 1 aliphatic rings. The number of fused-ring (bicyclic) bond motifs is 2. The molecule has 0 radical (unpaired) electrons. The van der Waals surface area contributed by atoms with E-state index in [9.17, 15) is 14.7 Å². The van der Waals surface area contributed by atoms with Crippen LogP contribution >= 0.6 is 0 Å². The van der Waals surface area contributed by atoms with Crippen molar-refractivity contribution in [1.29, 1.82) is 0 Å². The molecule has 2 aromatic rings. The van der Waals surface area contributed by atoms with E-state index < -0.39 is 0 Å². The molecule has 4 nitrogen and oxygen atoms in total. The van der Waals surface area contributed by atoms with Crippen molar-refractivity contribution in [3.05, 3.63) is 69.8 Å². The third kappa shape index (κ3) is 1.70. The molecule has 2 N–H and O–H groups in total. The summed E-state index contributed by atoms with van der Waals surface area (Å²) in [4.78, 5) is 25.0. The molecular formula is C16H12O4. The molecule has 1 aliphatic carbocycles. The summed E-state index contributed by atoms with van der Waals surface area (Å²) in [6, 6.07) is 9.59. The zero-order valence-electron chi connectivity index (χ0n) is 10.6. The van der Waals surface area contributed by atoms with E-state index in [2.05, 4.69) is 0 Å². The van der Waals surface area contributed by atoms with Gasteiger partial charge >= 0.3 is 0 Å². The van der Waals surface area contributed by atoms with Crippen molar-refractivity contribution in [2.45, 2.75) is 13.2 Å². The normalized spacial score (nSPS) is 13.1. The van der Waals surface area contributed by atoms with Gasteiger partial charge in [-0.25, -0.2) is 0 Å². The lowest BCUT2D eigenvalue weighted by atomic mass is 9.81. The summed E-state index contributed by atoms with van der Waals surface area (Å²) in [6.07, 6.45) is 0. The smallest absolute Gasteiger partial charge is 0.194 e. The monoisotopic (exact) mass is 268 g/mol. The molecule has 0 spiro atoms. The first-order chi connectivity index (χ1) is 9.67. The standard InChI is InChI=1S/C16H12O4/c17-7-9-4-5-11-13(6-9)15(19)12-3-1-2-10(8-18)14(12)16(11)20/h1-6,17-18H,7-8H2. The van der Waals surface area contributed by atoms with Crippen LogP contribution in [-0.4, -0.2) is 21.8 Å². The molecule has 0 atom stereocenters. The summed E-state index contributed by atoms with van der Waals surface area (Å²) in [6.45, 7) is -0.468. The molecule has 0 heterocycles. The van der Waals surface area contributed by atoms with Crippen LogP contribution in [-0.2, 0) is 13.2 Å². The molecule has 0 bridgehead atoms.